The van der Waals surface area contributed by atoms with Crippen LogP contribution in [0.25, 0.3) is 0 Å². The lowest BCUT2D eigenvalue weighted by Crippen LogP contribution is -2.65. The Bertz CT molecular complexity index is 1420. The molecule has 3 fully saturated rings. The summed E-state index contributed by atoms with van der Waals surface area (Å²) in [5, 5.41) is 0.119. The highest BCUT2D eigenvalue weighted by molar-refractivity contribution is 6.74. The summed E-state index contributed by atoms with van der Waals surface area (Å²) in [4.78, 5) is 39.8. The molecule has 7 nitrogen and oxygen atoms in total. The second-order valence-electron chi connectivity index (χ2n) is 15.4. The van der Waals surface area contributed by atoms with Crippen molar-refractivity contribution >= 4 is 26.0 Å². The molecule has 5 aliphatic rings. The number of carbonyl (C=O) groups excluding carboxylic acids is 3. The van der Waals surface area contributed by atoms with Crippen LogP contribution in [0, 0.1) is 28.6 Å². The molecule has 0 N–H and O–H groups in total. The molecule has 0 amide bonds. The zero-order valence-electron chi connectivity index (χ0n) is 27.0. The molecular formula is C35H46O7Si. The van der Waals surface area contributed by atoms with E-state index < -0.39 is 37.3 Å². The molecule has 2 unspecified atom stereocenters. The van der Waals surface area contributed by atoms with Crippen LogP contribution >= 0.6 is 0 Å². The number of methoxy groups -OCH3 is 1. The van der Waals surface area contributed by atoms with Crippen LogP contribution in [-0.4, -0.2) is 51.5 Å². The average Bonchev–Trinajstić information content (AvgIpc) is 3.41. The Labute approximate surface area is 256 Å². The third-order valence-electron chi connectivity index (χ3n) is 12.2. The molecular weight excluding hydrogens is 560 g/mol. The Morgan fingerprint density at radius 2 is 1.77 bits per heavy atom. The Morgan fingerprint density at radius 3 is 2.40 bits per heavy atom. The monoisotopic (exact) mass is 606 g/mol. The number of hydrogen-bond donors (Lipinski definition) is 0. The van der Waals surface area contributed by atoms with Gasteiger partial charge < -0.3 is 18.6 Å². The molecule has 6 rings (SSSR count). The topological polar surface area (TPSA) is 88.1 Å². The molecule has 0 radical (unpaired) electrons. The third kappa shape index (κ3) is 4.41. The van der Waals surface area contributed by atoms with Crippen LogP contribution in [-0.2, 0) is 28.6 Å². The van der Waals surface area contributed by atoms with E-state index in [0.717, 1.165) is 12.2 Å². The molecule has 0 bridgehead atoms. The maximum atomic E-state index is 13.7. The highest BCUT2D eigenvalue weighted by Crippen LogP contribution is 2.65. The van der Waals surface area contributed by atoms with Crippen molar-refractivity contribution in [1.29, 1.82) is 0 Å². The Balaban J connectivity index is 1.33. The third-order valence-corrected chi connectivity index (χ3v) is 16.5. The predicted molar refractivity (Wildman–Crippen MR) is 165 cm³/mol. The second-order valence-corrected chi connectivity index (χ2v) is 20.1. The van der Waals surface area contributed by atoms with E-state index in [4.69, 9.17) is 18.6 Å². The minimum Gasteiger partial charge on any atom is -0.544 e. The molecule has 1 aromatic carbocycles. The van der Waals surface area contributed by atoms with Gasteiger partial charge >= 0.3 is 11.9 Å². The molecule has 0 spiro atoms. The molecule has 232 valence electrons. The standard InChI is InChI=1S/C35H46O7Si/c1-19-22(20-10-12-21(13-11-20)42-43(8,9)33(2,3)4)17-26-23(19)16-24-25(18-28(37)39-7)35(6)27(36)14-15-34(5)31(35)30(29(24)40-26)41-32(34)38/h10-15,22,24-26,29-31H,16-18H2,1-9H3/t22-,24-,25?,26+,29-,30-,31-,34+,35?/m0/s1. The number of benzene rings is 1. The van der Waals surface area contributed by atoms with E-state index in [1.165, 1.54) is 29.9 Å². The first kappa shape index (κ1) is 30.3. The first-order chi connectivity index (χ1) is 20.0. The summed E-state index contributed by atoms with van der Waals surface area (Å²) in [7, 11) is -0.559. The fourth-order valence-corrected chi connectivity index (χ4v) is 9.67. The van der Waals surface area contributed by atoms with Gasteiger partial charge in [0.15, 0.2) is 5.78 Å². The van der Waals surface area contributed by atoms with Crippen molar-refractivity contribution < 1.29 is 33.0 Å². The Morgan fingerprint density at radius 1 is 1.09 bits per heavy atom. The first-order valence-corrected chi connectivity index (χ1v) is 18.6. The van der Waals surface area contributed by atoms with Gasteiger partial charge in [-0.05, 0) is 86.0 Å². The molecule has 2 aliphatic heterocycles. The molecule has 43 heavy (non-hydrogen) atoms. The van der Waals surface area contributed by atoms with E-state index >= 15 is 0 Å². The van der Waals surface area contributed by atoms with E-state index in [0.29, 0.717) is 6.42 Å². The van der Waals surface area contributed by atoms with Crippen molar-refractivity contribution in [1.82, 2.24) is 0 Å². The van der Waals surface area contributed by atoms with Gasteiger partial charge in [-0.25, -0.2) is 0 Å². The van der Waals surface area contributed by atoms with E-state index in [1.54, 1.807) is 6.08 Å². The molecule has 1 aromatic rings. The van der Waals surface area contributed by atoms with Crippen molar-refractivity contribution in [3.05, 3.63) is 53.1 Å². The summed E-state index contributed by atoms with van der Waals surface area (Å²) in [6, 6.07) is 8.52. The summed E-state index contributed by atoms with van der Waals surface area (Å²) < 4.78 is 24.7. The number of ether oxygens (including phenoxy) is 3. The number of esters is 2. The van der Waals surface area contributed by atoms with Crippen LogP contribution in [0.4, 0.5) is 0 Å². The van der Waals surface area contributed by atoms with Gasteiger partial charge in [0, 0.05) is 23.7 Å². The molecule has 2 heterocycles. The minimum absolute atomic E-state index is 0.0530. The van der Waals surface area contributed by atoms with Crippen molar-refractivity contribution in [3.8, 4) is 5.75 Å². The molecule has 2 saturated heterocycles. The lowest BCUT2D eigenvalue weighted by Gasteiger charge is -2.58. The van der Waals surface area contributed by atoms with Crippen molar-refractivity contribution in [2.24, 2.45) is 28.6 Å². The largest absolute Gasteiger partial charge is 0.544 e. The van der Waals surface area contributed by atoms with Crippen LogP contribution in [0.5, 0.6) is 5.75 Å². The van der Waals surface area contributed by atoms with Crippen molar-refractivity contribution in [2.45, 2.75) is 103 Å². The van der Waals surface area contributed by atoms with Crippen molar-refractivity contribution in [2.75, 3.05) is 7.11 Å². The van der Waals surface area contributed by atoms with Crippen LogP contribution in [0.15, 0.2) is 47.6 Å². The number of carbonyl (C=O) groups is 3. The molecule has 8 heteroatoms. The summed E-state index contributed by atoms with van der Waals surface area (Å²) in [5.41, 5.74) is 1.87. The van der Waals surface area contributed by atoms with Gasteiger partial charge in [-0.15, -0.1) is 0 Å². The number of hydrogen-bond acceptors (Lipinski definition) is 7. The second kappa shape index (κ2) is 9.90. The minimum atomic E-state index is -1.94. The zero-order valence-corrected chi connectivity index (χ0v) is 28.0. The smallest absolute Gasteiger partial charge is 0.316 e. The van der Waals surface area contributed by atoms with E-state index in [2.05, 4.69) is 65.1 Å². The molecule has 1 saturated carbocycles. The fraction of sp³-hybridized carbons (Fsp3) is 0.629. The lowest BCUT2D eigenvalue weighted by molar-refractivity contribution is -0.204. The summed E-state index contributed by atoms with van der Waals surface area (Å²) >= 11 is 0. The summed E-state index contributed by atoms with van der Waals surface area (Å²) in [6.45, 7) is 17.2. The van der Waals surface area contributed by atoms with Gasteiger partial charge in [0.1, 0.15) is 11.9 Å². The van der Waals surface area contributed by atoms with E-state index in [-0.39, 0.29) is 53.0 Å². The normalized spacial score (nSPS) is 38.3. The van der Waals surface area contributed by atoms with Crippen LogP contribution in [0.2, 0.25) is 18.1 Å². The highest BCUT2D eigenvalue weighted by atomic mass is 28.4. The van der Waals surface area contributed by atoms with Crippen LogP contribution in [0.3, 0.4) is 0 Å². The number of allylic oxidation sites excluding steroid dienone is 2. The van der Waals surface area contributed by atoms with Gasteiger partial charge in [0.2, 0.25) is 8.32 Å². The van der Waals surface area contributed by atoms with E-state index in [9.17, 15) is 14.4 Å². The molecule has 3 aliphatic carbocycles. The Kier molecular flexibility index (Phi) is 6.98. The lowest BCUT2D eigenvalue weighted by atomic mass is 9.45. The average molecular weight is 607 g/mol. The maximum Gasteiger partial charge on any atom is 0.316 e. The van der Waals surface area contributed by atoms with Gasteiger partial charge in [-0.3, -0.25) is 14.4 Å². The van der Waals surface area contributed by atoms with Crippen LogP contribution < -0.4 is 4.43 Å². The predicted octanol–water partition coefficient (Wildman–Crippen LogP) is 6.53. The molecule has 9 atom stereocenters. The Hall–Kier alpha value is -2.71. The van der Waals surface area contributed by atoms with Gasteiger partial charge in [-0.1, -0.05) is 51.5 Å². The van der Waals surface area contributed by atoms with Crippen molar-refractivity contribution in [3.63, 3.8) is 0 Å². The molecule has 0 aromatic heterocycles. The van der Waals surface area contributed by atoms with Gasteiger partial charge in [0.05, 0.1) is 24.7 Å². The number of fused-ring (bicyclic) bond motifs is 3. The fourth-order valence-electron chi connectivity index (χ4n) is 8.64. The first-order valence-electron chi connectivity index (χ1n) is 15.7. The van der Waals surface area contributed by atoms with Crippen LogP contribution in [0.1, 0.15) is 72.3 Å². The SMILES string of the molecule is COC(=O)CC1[C@@H]2CC3=C(C)[C@@H](c4ccc(O[Si](C)(C)C(C)(C)C)cc4)C[C@H]3O[C@@H]2[C@@H]2OC(=O)[C@]3(C)C=CC(=O)C1(C)[C@@H]23. The maximum absolute atomic E-state index is 13.7. The zero-order chi connectivity index (χ0) is 31.3. The summed E-state index contributed by atoms with van der Waals surface area (Å²) in [5.74, 6) is -0.528. The van der Waals surface area contributed by atoms with Gasteiger partial charge in [0.25, 0.3) is 0 Å². The highest BCUT2D eigenvalue weighted by Gasteiger charge is 2.73. The van der Waals surface area contributed by atoms with E-state index in [1.807, 2.05) is 13.8 Å². The number of rotatable bonds is 5. The van der Waals surface area contributed by atoms with Gasteiger partial charge in [-0.2, -0.15) is 0 Å². The quantitative estimate of drug-likeness (QED) is 0.214. The number of ketones is 1. The summed E-state index contributed by atoms with van der Waals surface area (Å²) in [6.07, 6.45) is 3.83.